The quantitative estimate of drug-likeness (QED) is 0.704. The SMILES string of the molecule is C=C(C)[C@@H]1CCC(C)=C[C@H]1c1cc(-c2ccccc2)c(O)cc1O. The molecule has 3 rings (SSSR count). The Morgan fingerprint density at radius 3 is 2.46 bits per heavy atom. The lowest BCUT2D eigenvalue weighted by Gasteiger charge is -2.31. The molecule has 1 aliphatic carbocycles. The van der Waals surface area contributed by atoms with Crippen LogP contribution in [0, 0.1) is 5.92 Å². The van der Waals surface area contributed by atoms with E-state index in [9.17, 15) is 10.2 Å². The molecule has 0 fully saturated rings. The van der Waals surface area contributed by atoms with Gasteiger partial charge in [-0.2, -0.15) is 0 Å². The molecule has 0 saturated carbocycles. The number of allylic oxidation sites excluding steroid dienone is 3. The lowest BCUT2D eigenvalue weighted by Crippen LogP contribution is -2.17. The molecule has 1 aliphatic rings. The Morgan fingerprint density at radius 2 is 1.79 bits per heavy atom. The molecule has 0 aliphatic heterocycles. The number of rotatable bonds is 3. The Bertz CT molecular complexity index is 787. The Balaban J connectivity index is 2.13. The minimum Gasteiger partial charge on any atom is -0.508 e. The molecule has 2 aromatic carbocycles. The zero-order valence-electron chi connectivity index (χ0n) is 14.3. The first kappa shape index (κ1) is 16.4. The van der Waals surface area contributed by atoms with Crippen LogP contribution in [0.4, 0.5) is 0 Å². The summed E-state index contributed by atoms with van der Waals surface area (Å²) < 4.78 is 0. The van der Waals surface area contributed by atoms with Crippen LogP contribution in [0.15, 0.2) is 66.3 Å². The first-order chi connectivity index (χ1) is 11.5. The van der Waals surface area contributed by atoms with E-state index in [4.69, 9.17) is 0 Å². The van der Waals surface area contributed by atoms with E-state index >= 15 is 0 Å². The zero-order valence-corrected chi connectivity index (χ0v) is 14.3. The van der Waals surface area contributed by atoms with Gasteiger partial charge in [-0.05, 0) is 44.2 Å². The van der Waals surface area contributed by atoms with E-state index in [0.717, 1.165) is 35.1 Å². The fraction of sp³-hybridized carbons (Fsp3) is 0.273. The number of hydrogen-bond acceptors (Lipinski definition) is 2. The van der Waals surface area contributed by atoms with E-state index in [1.807, 2.05) is 36.4 Å². The van der Waals surface area contributed by atoms with Crippen molar-refractivity contribution >= 4 is 0 Å². The molecule has 124 valence electrons. The molecule has 2 heteroatoms. The van der Waals surface area contributed by atoms with Gasteiger partial charge >= 0.3 is 0 Å². The minimum atomic E-state index is 0.0966. The van der Waals surface area contributed by atoms with Gasteiger partial charge in [0.15, 0.2) is 0 Å². The van der Waals surface area contributed by atoms with Crippen LogP contribution in [0.2, 0.25) is 0 Å². The number of hydrogen-bond donors (Lipinski definition) is 2. The molecule has 2 aromatic rings. The van der Waals surface area contributed by atoms with Crippen molar-refractivity contribution in [2.24, 2.45) is 5.92 Å². The van der Waals surface area contributed by atoms with Crippen LogP contribution in [0.3, 0.4) is 0 Å². The van der Waals surface area contributed by atoms with Gasteiger partial charge in [0, 0.05) is 23.1 Å². The number of phenolic OH excluding ortho intramolecular Hbond substituents is 2. The Hall–Kier alpha value is -2.48. The van der Waals surface area contributed by atoms with Crippen molar-refractivity contribution in [3.8, 4) is 22.6 Å². The lowest BCUT2D eigenvalue weighted by molar-refractivity contribution is 0.427. The van der Waals surface area contributed by atoms with E-state index in [2.05, 4.69) is 26.5 Å². The summed E-state index contributed by atoms with van der Waals surface area (Å²) >= 11 is 0. The highest BCUT2D eigenvalue weighted by atomic mass is 16.3. The summed E-state index contributed by atoms with van der Waals surface area (Å²) in [6.07, 6.45) is 4.35. The summed E-state index contributed by atoms with van der Waals surface area (Å²) in [7, 11) is 0. The second kappa shape index (κ2) is 6.56. The van der Waals surface area contributed by atoms with Crippen molar-refractivity contribution < 1.29 is 10.2 Å². The first-order valence-electron chi connectivity index (χ1n) is 8.41. The summed E-state index contributed by atoms with van der Waals surface area (Å²) in [5.41, 5.74) is 5.03. The van der Waals surface area contributed by atoms with Gasteiger partial charge in [-0.25, -0.2) is 0 Å². The average molecular weight is 320 g/mol. The van der Waals surface area contributed by atoms with Gasteiger partial charge in [0.2, 0.25) is 0 Å². The van der Waals surface area contributed by atoms with Crippen LogP contribution in [-0.2, 0) is 0 Å². The fourth-order valence-corrected chi connectivity index (χ4v) is 3.64. The fourth-order valence-electron chi connectivity index (χ4n) is 3.64. The lowest BCUT2D eigenvalue weighted by atomic mass is 9.73. The minimum absolute atomic E-state index is 0.0966. The van der Waals surface area contributed by atoms with Gasteiger partial charge in [-0.15, -0.1) is 0 Å². The van der Waals surface area contributed by atoms with Crippen molar-refractivity contribution in [1.29, 1.82) is 0 Å². The largest absolute Gasteiger partial charge is 0.508 e. The van der Waals surface area contributed by atoms with Gasteiger partial charge in [-0.1, -0.05) is 54.1 Å². The van der Waals surface area contributed by atoms with Gasteiger partial charge in [0.25, 0.3) is 0 Å². The number of benzene rings is 2. The van der Waals surface area contributed by atoms with E-state index in [1.54, 1.807) is 0 Å². The molecule has 0 unspecified atom stereocenters. The molecule has 2 atom stereocenters. The third-order valence-corrected chi connectivity index (χ3v) is 4.97. The number of phenols is 2. The summed E-state index contributed by atoms with van der Waals surface area (Å²) in [5.74, 6) is 0.660. The molecule has 0 saturated heterocycles. The highest BCUT2D eigenvalue weighted by molar-refractivity contribution is 5.73. The average Bonchev–Trinajstić information content (AvgIpc) is 2.55. The van der Waals surface area contributed by atoms with Crippen molar-refractivity contribution in [1.82, 2.24) is 0 Å². The standard InChI is InChI=1S/C22H24O2/c1-14(2)17-10-9-15(3)11-19(17)20-12-18(21(23)13-22(20)24)16-7-5-4-6-8-16/h4-8,11-13,17,19,23-24H,1,9-10H2,2-3H3/t17-,19+/m0/s1. The van der Waals surface area contributed by atoms with E-state index in [-0.39, 0.29) is 17.4 Å². The third-order valence-electron chi connectivity index (χ3n) is 4.97. The van der Waals surface area contributed by atoms with E-state index in [1.165, 1.54) is 11.6 Å². The maximum atomic E-state index is 10.5. The maximum Gasteiger partial charge on any atom is 0.127 e. The van der Waals surface area contributed by atoms with Gasteiger partial charge in [0.05, 0.1) is 0 Å². The van der Waals surface area contributed by atoms with Crippen LogP contribution in [0.25, 0.3) is 11.1 Å². The van der Waals surface area contributed by atoms with Crippen LogP contribution in [0.1, 0.15) is 38.2 Å². The summed E-state index contributed by atoms with van der Waals surface area (Å²) in [6.45, 7) is 8.34. The molecule has 0 radical (unpaired) electrons. The summed E-state index contributed by atoms with van der Waals surface area (Å²) in [4.78, 5) is 0. The van der Waals surface area contributed by atoms with Crippen molar-refractivity contribution in [2.75, 3.05) is 0 Å². The highest BCUT2D eigenvalue weighted by Crippen LogP contribution is 2.45. The van der Waals surface area contributed by atoms with Gasteiger partial charge in [-0.3, -0.25) is 0 Å². The van der Waals surface area contributed by atoms with Crippen LogP contribution in [0.5, 0.6) is 11.5 Å². The molecule has 24 heavy (non-hydrogen) atoms. The monoisotopic (exact) mass is 320 g/mol. The normalized spacial score (nSPS) is 20.5. The third kappa shape index (κ3) is 3.09. The van der Waals surface area contributed by atoms with Crippen LogP contribution < -0.4 is 0 Å². The second-order valence-electron chi connectivity index (χ2n) is 6.82. The molecule has 2 N–H and O–H groups in total. The smallest absolute Gasteiger partial charge is 0.127 e. The molecule has 0 spiro atoms. The van der Waals surface area contributed by atoms with Crippen LogP contribution >= 0.6 is 0 Å². The second-order valence-corrected chi connectivity index (χ2v) is 6.82. The van der Waals surface area contributed by atoms with E-state index in [0.29, 0.717) is 5.92 Å². The molecule has 0 heterocycles. The molecule has 0 amide bonds. The summed E-state index contributed by atoms with van der Waals surface area (Å²) in [5, 5.41) is 20.8. The zero-order chi connectivity index (χ0) is 17.3. The van der Waals surface area contributed by atoms with E-state index < -0.39 is 0 Å². The maximum absolute atomic E-state index is 10.5. The van der Waals surface area contributed by atoms with Crippen molar-refractivity contribution in [3.05, 3.63) is 71.8 Å². The number of aromatic hydroxyl groups is 2. The molecular weight excluding hydrogens is 296 g/mol. The van der Waals surface area contributed by atoms with Gasteiger partial charge in [0.1, 0.15) is 11.5 Å². The van der Waals surface area contributed by atoms with Crippen LogP contribution in [-0.4, -0.2) is 10.2 Å². The summed E-state index contributed by atoms with van der Waals surface area (Å²) in [6, 6.07) is 13.2. The molecule has 0 aromatic heterocycles. The Kier molecular flexibility index (Phi) is 4.48. The Morgan fingerprint density at radius 1 is 1.08 bits per heavy atom. The molecular formula is C22H24O2. The molecule has 2 nitrogen and oxygen atoms in total. The highest BCUT2D eigenvalue weighted by Gasteiger charge is 2.28. The first-order valence-corrected chi connectivity index (χ1v) is 8.41. The van der Waals surface area contributed by atoms with Crippen molar-refractivity contribution in [2.45, 2.75) is 32.6 Å². The predicted molar refractivity (Wildman–Crippen MR) is 99.2 cm³/mol. The Labute approximate surface area is 143 Å². The molecule has 0 bridgehead atoms. The van der Waals surface area contributed by atoms with Gasteiger partial charge < -0.3 is 10.2 Å². The van der Waals surface area contributed by atoms with Crippen molar-refractivity contribution in [3.63, 3.8) is 0 Å². The predicted octanol–water partition coefficient (Wildman–Crippen LogP) is 5.78. The topological polar surface area (TPSA) is 40.5 Å².